The molecular formula is C24H29ClN2O. The van der Waals surface area contributed by atoms with Gasteiger partial charge in [-0.05, 0) is 68.5 Å². The van der Waals surface area contributed by atoms with Crippen LogP contribution in [0.25, 0.3) is 11.0 Å². The molecule has 4 rings (SSSR count). The lowest BCUT2D eigenvalue weighted by atomic mass is 9.88. The number of benzene rings is 2. The van der Waals surface area contributed by atoms with Crippen LogP contribution in [-0.4, -0.2) is 16.2 Å². The summed E-state index contributed by atoms with van der Waals surface area (Å²) in [5.41, 5.74) is 3.47. The SMILES string of the molecule is Cc1cc(OCCCCn2c(C3CCCCC3)nc3ccccc32)ccc1Cl. The molecule has 1 fully saturated rings. The zero-order valence-corrected chi connectivity index (χ0v) is 17.4. The zero-order valence-electron chi connectivity index (χ0n) is 16.7. The van der Waals surface area contributed by atoms with Gasteiger partial charge in [0.15, 0.2) is 0 Å². The predicted octanol–water partition coefficient (Wildman–Crippen LogP) is 6.91. The van der Waals surface area contributed by atoms with Crippen LogP contribution in [0.5, 0.6) is 5.75 Å². The molecule has 3 nitrogen and oxygen atoms in total. The molecule has 1 aliphatic rings. The van der Waals surface area contributed by atoms with E-state index in [-0.39, 0.29) is 0 Å². The number of unbranched alkanes of at least 4 members (excludes halogenated alkanes) is 1. The van der Waals surface area contributed by atoms with Gasteiger partial charge in [-0.2, -0.15) is 0 Å². The molecule has 2 aromatic carbocycles. The van der Waals surface area contributed by atoms with E-state index < -0.39 is 0 Å². The molecular weight excluding hydrogens is 368 g/mol. The molecule has 0 atom stereocenters. The maximum Gasteiger partial charge on any atom is 0.119 e. The van der Waals surface area contributed by atoms with Crippen LogP contribution in [0.1, 0.15) is 62.3 Å². The van der Waals surface area contributed by atoms with Crippen LogP contribution in [-0.2, 0) is 6.54 Å². The molecule has 0 bridgehead atoms. The van der Waals surface area contributed by atoms with Crippen molar-refractivity contribution in [2.45, 2.75) is 64.3 Å². The molecule has 0 unspecified atom stereocenters. The van der Waals surface area contributed by atoms with Crippen molar-refractivity contribution in [3.05, 3.63) is 58.9 Å². The topological polar surface area (TPSA) is 27.1 Å². The van der Waals surface area contributed by atoms with Crippen LogP contribution in [0, 0.1) is 6.92 Å². The molecule has 1 saturated carbocycles. The van der Waals surface area contributed by atoms with Crippen LogP contribution in [0.2, 0.25) is 5.02 Å². The number of ether oxygens (including phenoxy) is 1. The Bertz CT molecular complexity index is 927. The number of hydrogen-bond donors (Lipinski definition) is 0. The molecule has 0 spiro atoms. The molecule has 0 saturated heterocycles. The van der Waals surface area contributed by atoms with Crippen molar-refractivity contribution in [1.29, 1.82) is 0 Å². The fourth-order valence-corrected chi connectivity index (χ4v) is 4.39. The van der Waals surface area contributed by atoms with Gasteiger partial charge in [0.2, 0.25) is 0 Å². The van der Waals surface area contributed by atoms with Crippen molar-refractivity contribution < 1.29 is 4.74 Å². The third kappa shape index (κ3) is 4.35. The lowest BCUT2D eigenvalue weighted by Gasteiger charge is -2.22. The number of halogens is 1. The van der Waals surface area contributed by atoms with Crippen LogP contribution in [0.15, 0.2) is 42.5 Å². The molecule has 0 aliphatic heterocycles. The number of nitrogens with zero attached hydrogens (tertiary/aromatic N) is 2. The highest BCUT2D eigenvalue weighted by atomic mass is 35.5. The molecule has 4 heteroatoms. The quantitative estimate of drug-likeness (QED) is 0.406. The first-order valence-corrected chi connectivity index (χ1v) is 10.9. The summed E-state index contributed by atoms with van der Waals surface area (Å²) in [5, 5.41) is 0.787. The maximum atomic E-state index is 6.08. The van der Waals surface area contributed by atoms with Gasteiger partial charge in [-0.25, -0.2) is 4.98 Å². The Kier molecular flexibility index (Phi) is 6.21. The van der Waals surface area contributed by atoms with Gasteiger partial charge in [0.25, 0.3) is 0 Å². The molecule has 0 N–H and O–H groups in total. The number of fused-ring (bicyclic) bond motifs is 1. The Labute approximate surface area is 172 Å². The molecule has 0 amide bonds. The van der Waals surface area contributed by atoms with E-state index in [1.54, 1.807) is 0 Å². The summed E-state index contributed by atoms with van der Waals surface area (Å²) in [6.45, 7) is 3.74. The minimum absolute atomic E-state index is 0.620. The van der Waals surface area contributed by atoms with Crippen molar-refractivity contribution in [1.82, 2.24) is 9.55 Å². The fraction of sp³-hybridized carbons (Fsp3) is 0.458. The second kappa shape index (κ2) is 9.00. The van der Waals surface area contributed by atoms with Crippen LogP contribution >= 0.6 is 11.6 Å². The lowest BCUT2D eigenvalue weighted by molar-refractivity contribution is 0.302. The van der Waals surface area contributed by atoms with E-state index in [4.69, 9.17) is 21.3 Å². The van der Waals surface area contributed by atoms with Crippen molar-refractivity contribution in [2.24, 2.45) is 0 Å². The van der Waals surface area contributed by atoms with Crippen LogP contribution in [0.4, 0.5) is 0 Å². The summed E-state index contributed by atoms with van der Waals surface area (Å²) in [6, 6.07) is 14.4. The number of para-hydroxylation sites is 2. The first kappa shape index (κ1) is 19.3. The number of aromatic nitrogens is 2. The summed E-state index contributed by atoms with van der Waals surface area (Å²) in [6.07, 6.45) is 8.72. The van der Waals surface area contributed by atoms with E-state index in [0.29, 0.717) is 5.92 Å². The first-order chi connectivity index (χ1) is 13.7. The van der Waals surface area contributed by atoms with Gasteiger partial charge in [-0.1, -0.05) is 43.0 Å². The van der Waals surface area contributed by atoms with Gasteiger partial charge in [-0.15, -0.1) is 0 Å². The molecule has 0 radical (unpaired) electrons. The summed E-state index contributed by atoms with van der Waals surface area (Å²) < 4.78 is 8.38. The maximum absolute atomic E-state index is 6.08. The third-order valence-corrected chi connectivity index (χ3v) is 6.25. The minimum Gasteiger partial charge on any atom is -0.494 e. The highest BCUT2D eigenvalue weighted by Gasteiger charge is 2.22. The molecule has 1 aromatic heterocycles. The van der Waals surface area contributed by atoms with E-state index in [9.17, 15) is 0 Å². The second-order valence-corrected chi connectivity index (χ2v) is 8.32. The van der Waals surface area contributed by atoms with Crippen molar-refractivity contribution in [3.8, 4) is 5.75 Å². The molecule has 3 aromatic rings. The van der Waals surface area contributed by atoms with E-state index in [2.05, 4.69) is 28.8 Å². The van der Waals surface area contributed by atoms with Gasteiger partial charge in [0.05, 0.1) is 17.6 Å². The number of aryl methyl sites for hydroxylation is 2. The number of imidazole rings is 1. The van der Waals surface area contributed by atoms with Crippen LogP contribution in [0.3, 0.4) is 0 Å². The third-order valence-electron chi connectivity index (χ3n) is 5.83. The summed E-state index contributed by atoms with van der Waals surface area (Å²) >= 11 is 6.08. The van der Waals surface area contributed by atoms with E-state index in [1.165, 1.54) is 43.4 Å². The van der Waals surface area contributed by atoms with Gasteiger partial charge in [0.1, 0.15) is 11.6 Å². The van der Waals surface area contributed by atoms with E-state index in [1.807, 2.05) is 25.1 Å². The van der Waals surface area contributed by atoms with Gasteiger partial charge in [-0.3, -0.25) is 0 Å². The smallest absolute Gasteiger partial charge is 0.119 e. The predicted molar refractivity (Wildman–Crippen MR) is 116 cm³/mol. The van der Waals surface area contributed by atoms with Gasteiger partial charge < -0.3 is 9.30 Å². The molecule has 28 heavy (non-hydrogen) atoms. The van der Waals surface area contributed by atoms with Gasteiger partial charge >= 0.3 is 0 Å². The normalized spacial score (nSPS) is 15.2. The monoisotopic (exact) mass is 396 g/mol. The lowest BCUT2D eigenvalue weighted by Crippen LogP contribution is -2.13. The average molecular weight is 397 g/mol. The molecule has 1 heterocycles. The Morgan fingerprint density at radius 2 is 1.89 bits per heavy atom. The van der Waals surface area contributed by atoms with Crippen molar-refractivity contribution in [3.63, 3.8) is 0 Å². The van der Waals surface area contributed by atoms with Crippen molar-refractivity contribution >= 4 is 22.6 Å². The van der Waals surface area contributed by atoms with Gasteiger partial charge in [0, 0.05) is 17.5 Å². The number of rotatable bonds is 7. The second-order valence-electron chi connectivity index (χ2n) is 7.91. The molecule has 148 valence electrons. The van der Waals surface area contributed by atoms with Crippen molar-refractivity contribution in [2.75, 3.05) is 6.61 Å². The Hall–Kier alpha value is -2.00. The summed E-state index contributed by atoms with van der Waals surface area (Å²) in [7, 11) is 0. The highest BCUT2D eigenvalue weighted by molar-refractivity contribution is 6.31. The number of hydrogen-bond acceptors (Lipinski definition) is 2. The van der Waals surface area contributed by atoms with Crippen LogP contribution < -0.4 is 4.74 Å². The average Bonchev–Trinajstić information content (AvgIpc) is 3.10. The Morgan fingerprint density at radius 3 is 2.71 bits per heavy atom. The Balaban J connectivity index is 1.39. The minimum atomic E-state index is 0.620. The standard InChI is InChI=1S/C24H29ClN2O/c1-18-17-20(13-14-21(18)25)28-16-8-7-15-27-23-12-6-5-11-22(23)26-24(27)19-9-3-2-4-10-19/h5-6,11-14,17,19H,2-4,7-10,15-16H2,1H3. The zero-order chi connectivity index (χ0) is 19.3. The largest absolute Gasteiger partial charge is 0.494 e. The first-order valence-electron chi connectivity index (χ1n) is 10.6. The highest BCUT2D eigenvalue weighted by Crippen LogP contribution is 2.34. The van der Waals surface area contributed by atoms with E-state index in [0.717, 1.165) is 47.8 Å². The van der Waals surface area contributed by atoms with E-state index >= 15 is 0 Å². The summed E-state index contributed by atoms with van der Waals surface area (Å²) in [4.78, 5) is 5.02. The molecule has 1 aliphatic carbocycles. The summed E-state index contributed by atoms with van der Waals surface area (Å²) in [5.74, 6) is 2.82. The fourth-order valence-electron chi connectivity index (χ4n) is 4.27. The Morgan fingerprint density at radius 1 is 1.07 bits per heavy atom.